The fourth-order valence-corrected chi connectivity index (χ4v) is 17.0. The van der Waals surface area contributed by atoms with Crippen molar-refractivity contribution in [3.05, 3.63) is 120 Å². The number of benzene rings is 3. The van der Waals surface area contributed by atoms with Gasteiger partial charge in [0.2, 0.25) is 94.5 Å². The lowest BCUT2D eigenvalue weighted by molar-refractivity contribution is -0.147. The number of carbonyl (C=O) groups is 18. The Bertz CT molecular complexity index is 5130. The Labute approximate surface area is 770 Å². The molecule has 3 aromatic carbocycles. The van der Waals surface area contributed by atoms with Crippen LogP contribution in [0.15, 0.2) is 97.7 Å². The van der Waals surface area contributed by atoms with Crippen molar-refractivity contribution in [2.45, 2.75) is 228 Å². The Hall–Kier alpha value is -13.5. The molecular weight excluding hydrogens is 1750 g/mol. The lowest BCUT2D eigenvalue weighted by atomic mass is 10.0. The van der Waals surface area contributed by atoms with Crippen LogP contribution in [-0.4, -0.2) is 316 Å². The first-order valence-electron chi connectivity index (χ1n) is 44.2. The number of hydrogen-bond donors (Lipinski definition) is 19. The number of ether oxygens (including phenoxy) is 1. The van der Waals surface area contributed by atoms with E-state index in [-0.39, 0.29) is 82.5 Å². The summed E-state index contributed by atoms with van der Waals surface area (Å²) in [6.07, 6.45) is 2.72. The molecule has 0 radical (unpaired) electrons. The molecule has 6 aromatic rings. The average molecular weight is 1870 g/mol. The summed E-state index contributed by atoms with van der Waals surface area (Å²) in [7, 11) is 2.47. The number of hydrogen-bond acceptors (Lipinski definition) is 24. The third-order valence-electron chi connectivity index (χ3n) is 23.4. The fourth-order valence-electron chi connectivity index (χ4n) is 16.1. The smallest absolute Gasteiger partial charge is 0.305 e. The van der Waals surface area contributed by atoms with Gasteiger partial charge in [-0.2, -0.15) is 0 Å². The highest BCUT2D eigenvalue weighted by molar-refractivity contribution is 8.00. The molecule has 0 saturated carbocycles. The number of aliphatic hydroxyl groups is 2. The van der Waals surface area contributed by atoms with Crippen LogP contribution in [0.2, 0.25) is 0 Å². The first kappa shape index (κ1) is 103. The molecule has 3 saturated heterocycles. The van der Waals surface area contributed by atoms with Crippen LogP contribution in [0.25, 0.3) is 21.8 Å². The number of carbonyl (C=O) groups excluding carboxylic acids is 17. The molecule has 16 amide bonds. The SMILES string of the molecule is CCCC[C@H]1NC(=O)[C@H](Cc2c[nH]c3ccccc23)NC(=O)[C@H](CO)NC(=O)[C@H](Cc2c[nH]c3ccccc23)NC(=O)[C@@H]2C[C@@H](O)CN2C(=O)[C@H](CC(C)C)NC(=O)[C@H](Cc2cnc[nH]2)NC(=O)[C@@H]2CCCN2C(=O)[C@H](CC(=O)O)NC(=O)[C@H](C)N(C)C(=O)[C@H](Cc2ccc(O)cc2)NC(=O)CSCC(C(=O)NCC(N)=O)NC(=O)[C@H](CCOC=O)NC(=O)[C@H](CCCC)N(C)C1=O. The number of aromatic nitrogens is 4. The summed E-state index contributed by atoms with van der Waals surface area (Å²) in [6, 6.07) is -3.09. The van der Waals surface area contributed by atoms with Crippen molar-refractivity contribution < 1.29 is 111 Å². The Morgan fingerprint density at radius 3 is 1.72 bits per heavy atom. The molecule has 0 bridgehead atoms. The van der Waals surface area contributed by atoms with Crippen LogP contribution in [-0.2, 0) is 117 Å². The Morgan fingerprint density at radius 1 is 0.594 bits per heavy atom. The van der Waals surface area contributed by atoms with Crippen LogP contribution in [0, 0.1) is 5.92 Å². The number of amides is 16. The molecule has 3 aliphatic heterocycles. The molecule has 3 aromatic heterocycles. The molecule has 6 heterocycles. The van der Waals surface area contributed by atoms with Crippen LogP contribution in [0.4, 0.5) is 0 Å². The second-order valence-corrected chi connectivity index (χ2v) is 34.8. The number of likely N-dealkylation sites (N-methyl/N-ethyl adjacent to an activating group) is 2. The summed E-state index contributed by atoms with van der Waals surface area (Å²) in [5.41, 5.74) is 8.26. The number of imidazole rings is 1. The Morgan fingerprint density at radius 2 is 1.14 bits per heavy atom. The number of aliphatic carboxylic acids is 1. The molecule has 43 nitrogen and oxygen atoms in total. The van der Waals surface area contributed by atoms with Crippen molar-refractivity contribution in [1.29, 1.82) is 0 Å². The number of aliphatic hydroxyl groups excluding tert-OH is 2. The Kier molecular flexibility index (Phi) is 38.5. The van der Waals surface area contributed by atoms with Crippen LogP contribution in [0.1, 0.15) is 134 Å². The third-order valence-corrected chi connectivity index (χ3v) is 24.5. The van der Waals surface area contributed by atoms with Gasteiger partial charge in [0.1, 0.15) is 90.3 Å². The van der Waals surface area contributed by atoms with Gasteiger partial charge < -0.3 is 124 Å². The molecule has 3 fully saturated rings. The van der Waals surface area contributed by atoms with Gasteiger partial charge in [0.25, 0.3) is 6.47 Å². The number of primary amides is 1. The van der Waals surface area contributed by atoms with Gasteiger partial charge in [0.15, 0.2) is 0 Å². The summed E-state index contributed by atoms with van der Waals surface area (Å²) in [5.74, 6) is -19.0. The number of carboxylic acid groups (broad SMARTS) is 1. The molecule has 133 heavy (non-hydrogen) atoms. The standard InChI is InChI=1S/C89H120N20O23S/c1-8-10-19-61-86(128)107(7)70(22-11-9-2)83(125)97-60(28-30-132-47-111)78(120)105-69(77(119)94-41-73(90)114)44-133-45-74(115)96-66(32-50-24-26-54(112)27-25-50)87(129)106(6)49(5)76(118)102-67(37-75(116)117)88(130)108-29-16-23-71(108)84(126)101-64(35-53-40-91-46-95-53)81(123)103-65(31-48(3)4)89(131)109-42-55(113)36-72(109)85(127)100-63(34-52-39-93-59-21-15-13-18-57(52)59)80(122)104-68(43-110)82(124)99-62(79(121)98-61)33-51-38-92-58-20-14-12-17-56(51)58/h12-15,17-18,20-21,24-27,38-40,46-49,55,60-72,92-93,110,112-113H,8-11,16,19,22-23,28-37,41-45H2,1-7H3,(H2,90,114)(H,91,95)(H,94,119)(H,96,115)(H,97,125)(H,98,121)(H,99,124)(H,100,127)(H,101,126)(H,102,118)(H,103,123)(H,104,122)(H,105,120)(H,116,117)/t49-,55+,60-,61+,62-,63-,64-,65-,66-,67-,68-,69?,70-,71-,72-/m0/s1. The molecule has 720 valence electrons. The number of H-pyrrole nitrogens is 3. The molecular formula is C89H120N20O23S. The summed E-state index contributed by atoms with van der Waals surface area (Å²) in [4.78, 5) is 277. The van der Waals surface area contributed by atoms with Crippen LogP contribution >= 0.6 is 11.8 Å². The number of nitrogens with zero attached hydrogens (tertiary/aromatic N) is 5. The maximum absolute atomic E-state index is 15.3. The number of thioether (sulfide) groups is 1. The molecule has 20 N–H and O–H groups in total. The van der Waals surface area contributed by atoms with Gasteiger partial charge in [0, 0.05) is 118 Å². The summed E-state index contributed by atoms with van der Waals surface area (Å²) < 4.78 is 4.96. The minimum absolute atomic E-state index is 0.0535. The molecule has 44 heteroatoms. The van der Waals surface area contributed by atoms with Gasteiger partial charge in [-0.3, -0.25) is 86.3 Å². The maximum Gasteiger partial charge on any atom is 0.305 e. The number of phenolic OH excluding ortho intramolecular Hbond substituents is 1. The zero-order valence-electron chi connectivity index (χ0n) is 75.1. The van der Waals surface area contributed by atoms with Crippen molar-refractivity contribution >= 4 is 141 Å². The highest BCUT2D eigenvalue weighted by Gasteiger charge is 2.47. The van der Waals surface area contributed by atoms with E-state index in [4.69, 9.17) is 10.5 Å². The van der Waals surface area contributed by atoms with Gasteiger partial charge in [0.05, 0.1) is 44.4 Å². The number of phenols is 1. The highest BCUT2D eigenvalue weighted by Crippen LogP contribution is 2.28. The highest BCUT2D eigenvalue weighted by atomic mass is 32.2. The first-order chi connectivity index (χ1) is 63.5. The monoisotopic (exact) mass is 1870 g/mol. The normalized spacial score (nSPS) is 24.9. The number of fused-ring (bicyclic) bond motifs is 4. The van der Waals surface area contributed by atoms with E-state index in [1.54, 1.807) is 81.7 Å². The molecule has 15 atom stereocenters. The number of rotatable bonds is 26. The molecule has 0 spiro atoms. The van der Waals surface area contributed by atoms with Crippen molar-refractivity contribution in [2.75, 3.05) is 58.4 Å². The zero-order valence-corrected chi connectivity index (χ0v) is 75.9. The largest absolute Gasteiger partial charge is 0.508 e. The number of para-hydroxylation sites is 2. The number of nitrogens with one attached hydrogen (secondary N) is 14. The van der Waals surface area contributed by atoms with Crippen LogP contribution < -0.4 is 64.2 Å². The minimum atomic E-state index is -1.91. The molecule has 3 aliphatic rings. The van der Waals surface area contributed by atoms with E-state index < -0.39 is 248 Å². The minimum Gasteiger partial charge on any atom is -0.508 e. The summed E-state index contributed by atoms with van der Waals surface area (Å²) in [6.45, 7) is 5.37. The van der Waals surface area contributed by atoms with E-state index in [9.17, 15) is 68.4 Å². The van der Waals surface area contributed by atoms with E-state index in [1.807, 2.05) is 6.92 Å². The van der Waals surface area contributed by atoms with Crippen molar-refractivity contribution in [2.24, 2.45) is 11.7 Å². The lowest BCUT2D eigenvalue weighted by Crippen LogP contribution is -2.61. The number of nitrogens with two attached hydrogens (primary N) is 1. The van der Waals surface area contributed by atoms with Gasteiger partial charge in [-0.15, -0.1) is 11.8 Å². The quantitative estimate of drug-likeness (QED) is 0.0199. The van der Waals surface area contributed by atoms with E-state index in [0.717, 1.165) is 31.4 Å². The Balaban J connectivity index is 1.09. The first-order valence-corrected chi connectivity index (χ1v) is 45.4. The predicted octanol–water partition coefficient (Wildman–Crippen LogP) is -2.37. The summed E-state index contributed by atoms with van der Waals surface area (Å²) in [5, 5.41) is 73.0. The van der Waals surface area contributed by atoms with E-state index in [1.165, 1.54) is 57.8 Å². The second kappa shape index (κ2) is 49.6. The van der Waals surface area contributed by atoms with Crippen molar-refractivity contribution in [3.8, 4) is 5.75 Å². The zero-order chi connectivity index (χ0) is 96.9. The molecule has 0 aliphatic carbocycles. The van der Waals surface area contributed by atoms with E-state index >= 15 is 38.4 Å². The number of aromatic amines is 3. The van der Waals surface area contributed by atoms with Gasteiger partial charge in [-0.05, 0) is 85.9 Å². The van der Waals surface area contributed by atoms with Gasteiger partial charge >= 0.3 is 5.97 Å². The lowest BCUT2D eigenvalue weighted by Gasteiger charge is -2.33. The van der Waals surface area contributed by atoms with Crippen LogP contribution in [0.3, 0.4) is 0 Å². The number of unbranched alkanes of at least 4 members (excludes halogenated alkanes) is 2. The van der Waals surface area contributed by atoms with Crippen molar-refractivity contribution in [3.63, 3.8) is 0 Å². The van der Waals surface area contributed by atoms with Gasteiger partial charge in [-0.25, -0.2) is 4.98 Å². The van der Waals surface area contributed by atoms with Crippen molar-refractivity contribution in [1.82, 2.24) is 98.0 Å². The predicted molar refractivity (Wildman–Crippen MR) is 481 cm³/mol. The number of carboxylic acids is 1. The van der Waals surface area contributed by atoms with E-state index in [2.05, 4.69) is 78.4 Å². The second-order valence-electron chi connectivity index (χ2n) is 33.8. The number of aromatic hydroxyl groups is 1. The van der Waals surface area contributed by atoms with E-state index in [0.29, 0.717) is 69.9 Å². The molecule has 9 rings (SSSR count). The van der Waals surface area contributed by atoms with Crippen LogP contribution in [0.5, 0.6) is 5.75 Å². The fraction of sp³-hybridized carbons (Fsp3) is 0.517. The average Bonchev–Trinajstić information content (AvgIpc) is 1.66. The molecule has 1 unspecified atom stereocenters. The maximum atomic E-state index is 15.3. The topological polar surface area (TPSA) is 629 Å². The van der Waals surface area contributed by atoms with Gasteiger partial charge in [-0.1, -0.05) is 102 Å². The third kappa shape index (κ3) is 29.0. The summed E-state index contributed by atoms with van der Waals surface area (Å²) >= 11 is 0.721.